The third-order valence-electron chi connectivity index (χ3n) is 3.80. The molecule has 0 unspecified atom stereocenters. The Balaban J connectivity index is 1.80. The number of nitrogens with zero attached hydrogens (tertiary/aromatic N) is 4. The summed E-state index contributed by atoms with van der Waals surface area (Å²) in [7, 11) is -0.538. The number of thioether (sulfide) groups is 1. The molecule has 0 radical (unpaired) electrons. The molecule has 3 heterocycles. The van der Waals surface area contributed by atoms with Crippen molar-refractivity contribution in [3.8, 4) is 0 Å². The van der Waals surface area contributed by atoms with Crippen LogP contribution >= 0.6 is 11.8 Å². The van der Waals surface area contributed by atoms with E-state index < -0.39 is 10.0 Å². The summed E-state index contributed by atoms with van der Waals surface area (Å²) >= 11 is 1.39. The zero-order valence-electron chi connectivity index (χ0n) is 14.6. The molecular weight excluding hydrogens is 372 g/mol. The minimum atomic E-state index is -3.49. The Morgan fingerprint density at radius 3 is 2.65 bits per heavy atom. The highest BCUT2D eigenvalue weighted by Gasteiger charge is 2.17. The fraction of sp³-hybridized carbons (Fsp3) is 0.235. The van der Waals surface area contributed by atoms with Gasteiger partial charge in [-0.1, -0.05) is 6.07 Å². The molecule has 0 aliphatic carbocycles. The fourth-order valence-electron chi connectivity index (χ4n) is 2.35. The van der Waals surface area contributed by atoms with Gasteiger partial charge in [0.1, 0.15) is 10.5 Å². The maximum absolute atomic E-state index is 12.2. The van der Waals surface area contributed by atoms with E-state index in [1.165, 1.54) is 48.6 Å². The molecule has 0 bridgehead atoms. The average molecular weight is 390 g/mol. The number of fused-ring (bicyclic) bond motifs is 1. The van der Waals surface area contributed by atoms with Gasteiger partial charge in [0.25, 0.3) is 5.56 Å². The Morgan fingerprint density at radius 1 is 1.23 bits per heavy atom. The summed E-state index contributed by atoms with van der Waals surface area (Å²) in [6.45, 7) is 1.91. The van der Waals surface area contributed by atoms with E-state index in [4.69, 9.17) is 0 Å². The van der Waals surface area contributed by atoms with Gasteiger partial charge in [-0.05, 0) is 30.7 Å². The number of aryl methyl sites for hydroxylation is 1. The number of hydrogen-bond donors (Lipinski definition) is 0. The van der Waals surface area contributed by atoms with Gasteiger partial charge in [-0.3, -0.25) is 9.20 Å². The summed E-state index contributed by atoms with van der Waals surface area (Å²) in [4.78, 5) is 21.1. The summed E-state index contributed by atoms with van der Waals surface area (Å²) in [6.07, 6.45) is 3.03. The zero-order valence-corrected chi connectivity index (χ0v) is 16.2. The van der Waals surface area contributed by atoms with Gasteiger partial charge in [0, 0.05) is 38.3 Å². The molecule has 0 amide bonds. The van der Waals surface area contributed by atoms with Gasteiger partial charge in [0.05, 0.1) is 10.7 Å². The van der Waals surface area contributed by atoms with E-state index in [9.17, 15) is 13.2 Å². The van der Waals surface area contributed by atoms with Crippen LogP contribution < -0.4 is 5.56 Å². The smallest absolute Gasteiger partial charge is 0.258 e. The van der Waals surface area contributed by atoms with Gasteiger partial charge in [-0.15, -0.1) is 11.8 Å². The summed E-state index contributed by atoms with van der Waals surface area (Å²) in [5, 5.41) is 0.662. The molecule has 3 aromatic rings. The second kappa shape index (κ2) is 7.18. The first-order valence-electron chi connectivity index (χ1n) is 7.78. The van der Waals surface area contributed by atoms with Crippen LogP contribution in [0.4, 0.5) is 0 Å². The molecule has 3 rings (SSSR count). The van der Waals surface area contributed by atoms with Crippen molar-refractivity contribution in [2.45, 2.75) is 22.6 Å². The largest absolute Gasteiger partial charge is 0.269 e. The number of aromatic nitrogens is 3. The predicted molar refractivity (Wildman–Crippen MR) is 101 cm³/mol. The molecule has 0 aliphatic rings. The van der Waals surface area contributed by atoms with E-state index in [0.29, 0.717) is 22.1 Å². The molecule has 0 fully saturated rings. The van der Waals surface area contributed by atoms with Crippen molar-refractivity contribution >= 4 is 27.4 Å². The van der Waals surface area contributed by atoms with Crippen molar-refractivity contribution in [2.24, 2.45) is 0 Å². The number of pyridine rings is 2. The van der Waals surface area contributed by atoms with Crippen LogP contribution in [0.2, 0.25) is 0 Å². The van der Waals surface area contributed by atoms with Crippen LogP contribution in [0.1, 0.15) is 11.3 Å². The van der Waals surface area contributed by atoms with Crippen LogP contribution in [0.15, 0.2) is 57.4 Å². The quantitative estimate of drug-likeness (QED) is 0.619. The molecule has 26 heavy (non-hydrogen) atoms. The second-order valence-electron chi connectivity index (χ2n) is 5.88. The van der Waals surface area contributed by atoms with Crippen LogP contribution in [0, 0.1) is 6.92 Å². The summed E-state index contributed by atoms with van der Waals surface area (Å²) in [5.74, 6) is 0.465. The van der Waals surface area contributed by atoms with E-state index >= 15 is 0 Å². The highest BCUT2D eigenvalue weighted by atomic mass is 32.2. The maximum atomic E-state index is 12.2. The molecule has 0 aromatic carbocycles. The summed E-state index contributed by atoms with van der Waals surface area (Å²) in [5.41, 5.74) is 2.08. The van der Waals surface area contributed by atoms with E-state index in [1.54, 1.807) is 12.3 Å². The lowest BCUT2D eigenvalue weighted by Gasteiger charge is -2.11. The number of sulfonamides is 1. The van der Waals surface area contributed by atoms with Crippen molar-refractivity contribution in [3.05, 3.63) is 64.3 Å². The van der Waals surface area contributed by atoms with Crippen LogP contribution in [0.25, 0.3) is 5.65 Å². The Bertz CT molecular complexity index is 1110. The molecule has 7 nitrogen and oxygen atoms in total. The SMILES string of the molecule is Cc1cccn2c(=O)cc(CSc3ccc(S(=O)(=O)N(C)C)cn3)nc12. The van der Waals surface area contributed by atoms with Gasteiger partial charge in [-0.2, -0.15) is 0 Å². The molecule has 136 valence electrons. The third-order valence-corrected chi connectivity index (χ3v) is 6.57. The minimum Gasteiger partial charge on any atom is -0.269 e. The predicted octanol–water partition coefficient (Wildman–Crippen LogP) is 1.94. The van der Waals surface area contributed by atoms with Crippen LogP contribution in [-0.4, -0.2) is 41.2 Å². The summed E-state index contributed by atoms with van der Waals surface area (Å²) < 4.78 is 26.8. The van der Waals surface area contributed by atoms with Crippen molar-refractivity contribution in [1.82, 2.24) is 18.7 Å². The number of hydrogen-bond acceptors (Lipinski definition) is 6. The minimum absolute atomic E-state index is 0.130. The maximum Gasteiger partial charge on any atom is 0.258 e. The van der Waals surface area contributed by atoms with Crippen molar-refractivity contribution in [1.29, 1.82) is 0 Å². The first-order valence-corrected chi connectivity index (χ1v) is 10.2. The van der Waals surface area contributed by atoms with E-state index in [2.05, 4.69) is 9.97 Å². The van der Waals surface area contributed by atoms with Crippen molar-refractivity contribution < 1.29 is 8.42 Å². The second-order valence-corrected chi connectivity index (χ2v) is 9.03. The summed E-state index contributed by atoms with van der Waals surface area (Å²) in [6, 6.07) is 8.40. The van der Waals surface area contributed by atoms with Gasteiger partial charge in [0.15, 0.2) is 0 Å². The molecule has 9 heteroatoms. The fourth-order valence-corrected chi connectivity index (χ4v) is 3.93. The lowest BCUT2D eigenvalue weighted by Crippen LogP contribution is -2.22. The third kappa shape index (κ3) is 3.64. The molecule has 0 spiro atoms. The molecule has 0 saturated heterocycles. The van der Waals surface area contributed by atoms with Crippen LogP contribution in [-0.2, 0) is 15.8 Å². The Labute approximate surface area is 155 Å². The molecule has 0 aliphatic heterocycles. The van der Waals surface area contributed by atoms with Gasteiger partial charge in [-0.25, -0.2) is 22.7 Å². The monoisotopic (exact) mass is 390 g/mol. The van der Waals surface area contributed by atoms with Crippen LogP contribution in [0.3, 0.4) is 0 Å². The molecular formula is C17H18N4O3S2. The molecule has 0 saturated carbocycles. The average Bonchev–Trinajstić information content (AvgIpc) is 2.61. The van der Waals surface area contributed by atoms with Crippen LogP contribution in [0.5, 0.6) is 0 Å². The topological polar surface area (TPSA) is 84.6 Å². The molecule has 3 aromatic heterocycles. The van der Waals surface area contributed by atoms with E-state index in [0.717, 1.165) is 9.87 Å². The highest BCUT2D eigenvalue weighted by Crippen LogP contribution is 2.22. The van der Waals surface area contributed by atoms with Gasteiger partial charge >= 0.3 is 0 Å². The first-order chi connectivity index (χ1) is 12.3. The highest BCUT2D eigenvalue weighted by molar-refractivity contribution is 7.98. The van der Waals surface area contributed by atoms with E-state index in [1.807, 2.05) is 19.1 Å². The Morgan fingerprint density at radius 2 is 2.00 bits per heavy atom. The first kappa shape index (κ1) is 18.6. The molecule has 0 N–H and O–H groups in total. The Kier molecular flexibility index (Phi) is 5.12. The van der Waals surface area contributed by atoms with E-state index in [-0.39, 0.29) is 10.5 Å². The molecule has 0 atom stereocenters. The number of rotatable bonds is 5. The standard InChI is InChI=1S/C17H18N4O3S2/c1-12-5-4-8-21-16(22)9-13(19-17(12)21)11-25-15-7-6-14(10-18-15)26(23,24)20(2)3/h4-10H,11H2,1-3H3. The zero-order chi connectivity index (χ0) is 18.9. The lowest BCUT2D eigenvalue weighted by molar-refractivity contribution is 0.520. The van der Waals surface area contributed by atoms with Crippen molar-refractivity contribution in [2.75, 3.05) is 14.1 Å². The van der Waals surface area contributed by atoms with Crippen molar-refractivity contribution in [3.63, 3.8) is 0 Å². The Hall–Kier alpha value is -2.23. The normalized spacial score (nSPS) is 12.0. The lowest BCUT2D eigenvalue weighted by atomic mass is 10.3. The van der Waals surface area contributed by atoms with Gasteiger partial charge < -0.3 is 0 Å². The van der Waals surface area contributed by atoms with Gasteiger partial charge in [0.2, 0.25) is 10.0 Å².